The molecule has 5 nitrogen and oxygen atoms in total. The molecule has 1 aromatic carbocycles. The lowest BCUT2D eigenvalue weighted by atomic mass is 10.0. The summed E-state index contributed by atoms with van der Waals surface area (Å²) in [6.07, 6.45) is 0. The first kappa shape index (κ1) is 14.1. The van der Waals surface area contributed by atoms with Gasteiger partial charge in [-0.2, -0.15) is 0 Å². The van der Waals surface area contributed by atoms with Gasteiger partial charge in [-0.15, -0.1) is 0 Å². The molecular formula is C13H19NO4S. The Kier molecular flexibility index (Phi) is 3.73. The minimum absolute atomic E-state index is 0.0131. The molecular weight excluding hydrogens is 266 g/mol. The number of hydrogen-bond acceptors (Lipinski definition) is 5. The van der Waals surface area contributed by atoms with Crippen molar-refractivity contribution in [2.75, 3.05) is 18.1 Å². The average molecular weight is 285 g/mol. The highest BCUT2D eigenvalue weighted by Crippen LogP contribution is 2.30. The van der Waals surface area contributed by atoms with E-state index in [2.05, 4.69) is 4.90 Å². The van der Waals surface area contributed by atoms with Crippen LogP contribution >= 0.6 is 0 Å². The second-order valence-electron chi connectivity index (χ2n) is 5.16. The van der Waals surface area contributed by atoms with E-state index in [-0.39, 0.29) is 35.1 Å². The van der Waals surface area contributed by atoms with Gasteiger partial charge in [-0.25, -0.2) is 8.42 Å². The van der Waals surface area contributed by atoms with Gasteiger partial charge < -0.3 is 10.2 Å². The summed E-state index contributed by atoms with van der Waals surface area (Å²) in [7, 11) is -2.94. The van der Waals surface area contributed by atoms with E-state index >= 15 is 0 Å². The van der Waals surface area contributed by atoms with Crippen molar-refractivity contribution in [3.63, 3.8) is 0 Å². The van der Waals surface area contributed by atoms with Crippen LogP contribution in [0.3, 0.4) is 0 Å². The smallest absolute Gasteiger partial charge is 0.153 e. The maximum Gasteiger partial charge on any atom is 0.153 e. The molecule has 0 spiro atoms. The van der Waals surface area contributed by atoms with Gasteiger partial charge in [0.1, 0.15) is 11.5 Å². The Balaban J connectivity index is 2.22. The lowest BCUT2D eigenvalue weighted by molar-refractivity contribution is 0.169. The summed E-state index contributed by atoms with van der Waals surface area (Å²) in [6, 6.07) is 4.35. The van der Waals surface area contributed by atoms with Crippen molar-refractivity contribution in [1.82, 2.24) is 4.90 Å². The molecule has 106 valence electrons. The highest BCUT2D eigenvalue weighted by molar-refractivity contribution is 7.91. The van der Waals surface area contributed by atoms with Gasteiger partial charge >= 0.3 is 0 Å². The number of benzene rings is 1. The monoisotopic (exact) mass is 285 g/mol. The van der Waals surface area contributed by atoms with Crippen molar-refractivity contribution in [2.45, 2.75) is 25.9 Å². The van der Waals surface area contributed by atoms with Crippen LogP contribution in [0.15, 0.2) is 18.2 Å². The third kappa shape index (κ3) is 3.19. The molecule has 2 unspecified atom stereocenters. The minimum Gasteiger partial charge on any atom is -0.508 e. The minimum atomic E-state index is -2.94. The van der Waals surface area contributed by atoms with E-state index in [4.69, 9.17) is 0 Å². The summed E-state index contributed by atoms with van der Waals surface area (Å²) < 4.78 is 23.1. The SMILES string of the molecule is CC1CS(=O)(=O)CCN1C(C)c1cc(O)cc(O)c1. The molecule has 0 aromatic heterocycles. The molecule has 2 N–H and O–H groups in total. The highest BCUT2D eigenvalue weighted by atomic mass is 32.2. The van der Waals surface area contributed by atoms with Crippen LogP contribution in [0.25, 0.3) is 0 Å². The van der Waals surface area contributed by atoms with Crippen LogP contribution in [0.4, 0.5) is 0 Å². The van der Waals surface area contributed by atoms with Crippen LogP contribution in [-0.2, 0) is 9.84 Å². The molecule has 19 heavy (non-hydrogen) atoms. The summed E-state index contributed by atoms with van der Waals surface area (Å²) in [5.74, 6) is 0.340. The molecule has 6 heteroatoms. The molecule has 0 bridgehead atoms. The lowest BCUT2D eigenvalue weighted by Gasteiger charge is -2.38. The van der Waals surface area contributed by atoms with Gasteiger partial charge in [-0.05, 0) is 31.5 Å². The number of phenols is 2. The Labute approximate surface area is 113 Å². The van der Waals surface area contributed by atoms with E-state index in [0.717, 1.165) is 5.56 Å². The molecule has 1 aliphatic rings. The van der Waals surface area contributed by atoms with Crippen molar-refractivity contribution in [1.29, 1.82) is 0 Å². The summed E-state index contributed by atoms with van der Waals surface area (Å²) in [4.78, 5) is 2.08. The standard InChI is InChI=1S/C13H19NO4S/c1-9-8-19(17,18)4-3-14(9)10(2)11-5-12(15)7-13(16)6-11/h5-7,9-10,15-16H,3-4,8H2,1-2H3. The third-order valence-corrected chi connectivity index (χ3v) is 5.42. The number of nitrogens with zero attached hydrogens (tertiary/aromatic N) is 1. The molecule has 2 rings (SSSR count). The van der Waals surface area contributed by atoms with Crippen LogP contribution in [0.5, 0.6) is 11.5 Å². The zero-order valence-electron chi connectivity index (χ0n) is 11.1. The maximum atomic E-state index is 11.6. The zero-order chi connectivity index (χ0) is 14.2. The van der Waals surface area contributed by atoms with Gasteiger partial charge in [0.25, 0.3) is 0 Å². The Morgan fingerprint density at radius 2 is 1.84 bits per heavy atom. The van der Waals surface area contributed by atoms with E-state index in [1.165, 1.54) is 6.07 Å². The van der Waals surface area contributed by atoms with E-state index in [9.17, 15) is 18.6 Å². The number of rotatable bonds is 2. The molecule has 0 saturated carbocycles. The van der Waals surface area contributed by atoms with Crippen LogP contribution in [0, 0.1) is 0 Å². The van der Waals surface area contributed by atoms with Crippen LogP contribution in [0.2, 0.25) is 0 Å². The summed E-state index contributed by atoms with van der Waals surface area (Å²) in [5, 5.41) is 19.0. The third-order valence-electron chi connectivity index (χ3n) is 3.63. The predicted molar refractivity (Wildman–Crippen MR) is 73.0 cm³/mol. The summed E-state index contributed by atoms with van der Waals surface area (Å²) in [5.41, 5.74) is 0.781. The number of hydrogen-bond donors (Lipinski definition) is 2. The van der Waals surface area contributed by atoms with Gasteiger partial charge in [-0.3, -0.25) is 4.90 Å². The fourth-order valence-corrected chi connectivity index (χ4v) is 4.22. The summed E-state index contributed by atoms with van der Waals surface area (Å²) in [6.45, 7) is 4.31. The second-order valence-corrected chi connectivity index (χ2v) is 7.39. The highest BCUT2D eigenvalue weighted by Gasteiger charge is 2.31. The van der Waals surface area contributed by atoms with Gasteiger partial charge in [0.05, 0.1) is 11.5 Å². The molecule has 1 fully saturated rings. The first-order valence-corrected chi connectivity index (χ1v) is 8.10. The fourth-order valence-electron chi connectivity index (χ4n) is 2.64. The molecule has 1 aromatic rings. The van der Waals surface area contributed by atoms with E-state index in [1.54, 1.807) is 12.1 Å². The van der Waals surface area contributed by atoms with Crippen molar-refractivity contribution in [2.24, 2.45) is 0 Å². The maximum absolute atomic E-state index is 11.6. The number of phenolic OH excluding ortho intramolecular Hbond substituents is 2. The fraction of sp³-hybridized carbons (Fsp3) is 0.538. The average Bonchev–Trinajstić information content (AvgIpc) is 2.25. The van der Waals surface area contributed by atoms with Gasteiger partial charge in [0.15, 0.2) is 9.84 Å². The number of sulfone groups is 1. The van der Waals surface area contributed by atoms with Gasteiger partial charge in [-0.1, -0.05) is 0 Å². The first-order chi connectivity index (χ1) is 8.78. The molecule has 1 saturated heterocycles. The van der Waals surface area contributed by atoms with Crippen molar-refractivity contribution in [3.8, 4) is 11.5 Å². The van der Waals surface area contributed by atoms with Crippen LogP contribution in [-0.4, -0.2) is 47.6 Å². The lowest BCUT2D eigenvalue weighted by Crippen LogP contribution is -2.47. The van der Waals surface area contributed by atoms with Crippen molar-refractivity contribution < 1.29 is 18.6 Å². The van der Waals surface area contributed by atoms with Crippen LogP contribution in [0.1, 0.15) is 25.5 Å². The Bertz CT molecular complexity index is 550. The van der Waals surface area contributed by atoms with E-state index in [1.807, 2.05) is 13.8 Å². The Hall–Kier alpha value is -1.27. The quantitative estimate of drug-likeness (QED) is 0.856. The van der Waals surface area contributed by atoms with Crippen molar-refractivity contribution in [3.05, 3.63) is 23.8 Å². The van der Waals surface area contributed by atoms with E-state index < -0.39 is 9.84 Å². The van der Waals surface area contributed by atoms with E-state index in [0.29, 0.717) is 6.54 Å². The topological polar surface area (TPSA) is 77.8 Å². The largest absolute Gasteiger partial charge is 0.508 e. The van der Waals surface area contributed by atoms with Gasteiger partial charge in [0.2, 0.25) is 0 Å². The molecule has 0 radical (unpaired) electrons. The molecule has 0 aliphatic carbocycles. The second kappa shape index (κ2) is 5.02. The summed E-state index contributed by atoms with van der Waals surface area (Å²) >= 11 is 0. The predicted octanol–water partition coefficient (Wildman–Crippen LogP) is 1.28. The zero-order valence-corrected chi connectivity index (χ0v) is 11.9. The first-order valence-electron chi connectivity index (χ1n) is 6.27. The van der Waals surface area contributed by atoms with Crippen molar-refractivity contribution >= 4 is 9.84 Å². The van der Waals surface area contributed by atoms with Crippen LogP contribution < -0.4 is 0 Å². The van der Waals surface area contributed by atoms with Gasteiger partial charge in [0, 0.05) is 24.7 Å². The molecule has 1 aliphatic heterocycles. The molecule has 2 atom stereocenters. The Morgan fingerprint density at radius 1 is 1.26 bits per heavy atom. The molecule has 0 amide bonds. The normalized spacial score (nSPS) is 25.1. The molecule has 1 heterocycles. The number of aromatic hydroxyl groups is 2. The Morgan fingerprint density at radius 3 is 2.37 bits per heavy atom.